The molecule has 0 spiro atoms. The molecular formula is C44H68O14. The quantitative estimate of drug-likeness (QED) is 0.0666. The highest BCUT2D eigenvalue weighted by Gasteiger charge is 2.57. The van der Waals surface area contributed by atoms with Crippen LogP contribution in [0.3, 0.4) is 0 Å². The van der Waals surface area contributed by atoms with Crippen molar-refractivity contribution < 1.29 is 67.6 Å². The number of carbonyl (C=O) groups is 3. The number of hydrogen-bond acceptors (Lipinski definition) is 14. The molecule has 0 aromatic carbocycles. The smallest absolute Gasteiger partial charge is 0.330 e. The number of fused-ring (bicyclic) bond motifs is 6. The van der Waals surface area contributed by atoms with Crippen LogP contribution in [0.2, 0.25) is 0 Å². The minimum atomic E-state index is -2.29. The average Bonchev–Trinajstić information content (AvgIpc) is 3.16. The van der Waals surface area contributed by atoms with Gasteiger partial charge in [0.15, 0.2) is 12.4 Å². The normalized spacial score (nSPS) is 34.5. The lowest BCUT2D eigenvalue weighted by atomic mass is 9.74. The number of rotatable bonds is 13. The van der Waals surface area contributed by atoms with Crippen molar-refractivity contribution in [1.82, 2.24) is 0 Å². The largest absolute Gasteiger partial charge is 0.493 e. The van der Waals surface area contributed by atoms with Gasteiger partial charge >= 0.3 is 17.9 Å². The molecule has 4 rings (SSSR count). The van der Waals surface area contributed by atoms with Crippen LogP contribution in [-0.4, -0.2) is 114 Å². The molecule has 14 nitrogen and oxygen atoms in total. The van der Waals surface area contributed by atoms with Gasteiger partial charge in [-0.15, -0.1) is 0 Å². The predicted molar refractivity (Wildman–Crippen MR) is 213 cm³/mol. The summed E-state index contributed by atoms with van der Waals surface area (Å²) in [6, 6.07) is 0. The van der Waals surface area contributed by atoms with Crippen LogP contribution in [0.4, 0.5) is 0 Å². The second kappa shape index (κ2) is 23.0. The summed E-state index contributed by atoms with van der Waals surface area (Å²) in [7, 11) is 1.23. The van der Waals surface area contributed by atoms with E-state index in [1.165, 1.54) is 19.3 Å². The standard InChI is InChI=1S/C44H68O14/c1-7-9-10-11-12-16-38(47)57-42-30(22-39(48)51-6)21-36-26-37(28-45)53-29(3)20-31(46)23-32-14-13-15-33(54-32)24-34-25-35(27-40(49)52-19-8-2)56-41(55-34)17-18-43(4,5)44(42,50)58-36/h8,17-18,22,31-37,41-42,45-46,50H,2-3,7,9-16,19-21,23-28H2,1,4-6H3/b18-17+,30-22+/t31-,32-,33+,34?,35+,36?,37+,41+,42-,44?/m0/s1. The molecule has 0 radical (unpaired) electrons. The first-order valence-electron chi connectivity index (χ1n) is 21.1. The topological polar surface area (TPSA) is 186 Å². The zero-order valence-electron chi connectivity index (χ0n) is 35.0. The molecule has 0 saturated carbocycles. The van der Waals surface area contributed by atoms with Crippen LogP contribution in [0.15, 0.2) is 48.8 Å². The minimum Gasteiger partial charge on any atom is -0.493 e. The van der Waals surface area contributed by atoms with Crippen molar-refractivity contribution in [2.75, 3.05) is 20.3 Å². The van der Waals surface area contributed by atoms with Crippen molar-refractivity contribution in [2.45, 2.75) is 184 Å². The van der Waals surface area contributed by atoms with E-state index in [-0.39, 0.29) is 68.4 Å². The zero-order valence-corrected chi connectivity index (χ0v) is 35.0. The molecule has 3 unspecified atom stereocenters. The lowest BCUT2D eigenvalue weighted by molar-refractivity contribution is -0.327. The molecule has 14 heteroatoms. The number of ether oxygens (including phenoxy) is 8. The summed E-state index contributed by atoms with van der Waals surface area (Å²) in [4.78, 5) is 39.0. The van der Waals surface area contributed by atoms with Crippen LogP contribution in [0.5, 0.6) is 0 Å². The third-order valence-electron chi connectivity index (χ3n) is 11.3. The zero-order chi connectivity index (χ0) is 42.3. The van der Waals surface area contributed by atoms with Gasteiger partial charge in [0.2, 0.25) is 5.79 Å². The molecule has 328 valence electrons. The summed E-state index contributed by atoms with van der Waals surface area (Å²) in [5.41, 5.74) is -1.11. The van der Waals surface area contributed by atoms with Gasteiger partial charge in [-0.1, -0.05) is 71.8 Å². The molecule has 3 saturated heterocycles. The average molecular weight is 821 g/mol. The van der Waals surface area contributed by atoms with Crippen LogP contribution < -0.4 is 0 Å². The third kappa shape index (κ3) is 14.3. The molecule has 0 aliphatic carbocycles. The van der Waals surface area contributed by atoms with Gasteiger partial charge in [-0.25, -0.2) is 4.79 Å². The van der Waals surface area contributed by atoms with Crippen molar-refractivity contribution in [3.05, 3.63) is 48.8 Å². The Morgan fingerprint density at radius 3 is 2.36 bits per heavy atom. The second-order valence-corrected chi connectivity index (χ2v) is 16.6. The maximum absolute atomic E-state index is 13.4. The first-order valence-corrected chi connectivity index (χ1v) is 21.1. The molecule has 58 heavy (non-hydrogen) atoms. The first-order chi connectivity index (χ1) is 27.7. The molecule has 0 amide bonds. The van der Waals surface area contributed by atoms with E-state index in [1.807, 2.05) is 0 Å². The molecule has 6 bridgehead atoms. The van der Waals surface area contributed by atoms with Crippen LogP contribution in [0.25, 0.3) is 0 Å². The summed E-state index contributed by atoms with van der Waals surface area (Å²) < 4.78 is 48.1. The van der Waals surface area contributed by atoms with E-state index in [0.29, 0.717) is 25.7 Å². The molecule has 0 aromatic heterocycles. The molecule has 4 heterocycles. The van der Waals surface area contributed by atoms with Crippen LogP contribution in [0.1, 0.15) is 124 Å². The van der Waals surface area contributed by atoms with Gasteiger partial charge in [0.25, 0.3) is 0 Å². The fourth-order valence-electron chi connectivity index (χ4n) is 8.20. The van der Waals surface area contributed by atoms with E-state index >= 15 is 0 Å². The maximum atomic E-state index is 13.4. The predicted octanol–water partition coefficient (Wildman–Crippen LogP) is 5.80. The molecule has 3 fully saturated rings. The fraction of sp³-hybridized carbons (Fsp3) is 0.750. The van der Waals surface area contributed by atoms with Gasteiger partial charge < -0.3 is 53.2 Å². The first kappa shape index (κ1) is 47.6. The highest BCUT2D eigenvalue weighted by atomic mass is 16.7. The second-order valence-electron chi connectivity index (χ2n) is 16.6. The van der Waals surface area contributed by atoms with Crippen LogP contribution in [-0.2, 0) is 52.3 Å². The summed E-state index contributed by atoms with van der Waals surface area (Å²) >= 11 is 0. The molecule has 3 N–H and O–H groups in total. The summed E-state index contributed by atoms with van der Waals surface area (Å²) in [6.07, 6.45) is 8.28. The van der Waals surface area contributed by atoms with Gasteiger partial charge in [0, 0.05) is 43.6 Å². The van der Waals surface area contributed by atoms with E-state index in [0.717, 1.165) is 44.9 Å². The minimum absolute atomic E-state index is 0.0212. The fourth-order valence-corrected chi connectivity index (χ4v) is 8.20. The number of esters is 3. The Balaban J connectivity index is 1.74. The molecular weight excluding hydrogens is 752 g/mol. The lowest BCUT2D eigenvalue weighted by Gasteiger charge is -2.51. The van der Waals surface area contributed by atoms with Crippen molar-refractivity contribution in [3.8, 4) is 0 Å². The Kier molecular flexibility index (Phi) is 18.9. The van der Waals surface area contributed by atoms with Crippen LogP contribution in [0, 0.1) is 5.41 Å². The van der Waals surface area contributed by atoms with E-state index < -0.39 is 72.5 Å². The van der Waals surface area contributed by atoms with Gasteiger partial charge in [-0.3, -0.25) is 9.59 Å². The Morgan fingerprint density at radius 1 is 0.931 bits per heavy atom. The van der Waals surface area contributed by atoms with E-state index in [4.69, 9.17) is 37.9 Å². The van der Waals surface area contributed by atoms with Gasteiger partial charge in [0.1, 0.15) is 12.7 Å². The van der Waals surface area contributed by atoms with Crippen molar-refractivity contribution in [3.63, 3.8) is 0 Å². The summed E-state index contributed by atoms with van der Waals surface area (Å²) in [6.45, 7) is 12.8. The SMILES string of the molecule is C=CCOC(=O)C[C@H]1CC2C[C@H]3CCC[C@@H](C[C@@H](O)CC(=C)O[C@@H](CO)CC4C/C(=C\C(=O)OC)[C@H](OC(=O)CCCCCCC)C(O)(O4)C(C)(C)/C=C/[C@H](O2)O1)O3. The third-order valence-corrected chi connectivity index (χ3v) is 11.3. The number of aliphatic hydroxyl groups is 3. The molecule has 0 aromatic rings. The monoisotopic (exact) mass is 820 g/mol. The number of aliphatic hydroxyl groups excluding tert-OH is 2. The highest BCUT2D eigenvalue weighted by molar-refractivity contribution is 5.83. The molecule has 10 atom stereocenters. The van der Waals surface area contributed by atoms with Gasteiger partial charge in [-0.05, 0) is 50.2 Å². The van der Waals surface area contributed by atoms with Crippen molar-refractivity contribution in [2.24, 2.45) is 5.41 Å². The Hall–Kier alpha value is -3.11. The highest BCUT2D eigenvalue weighted by Crippen LogP contribution is 2.47. The number of unbranched alkanes of at least 4 members (excludes halogenated alkanes) is 4. The molecule has 4 aliphatic heterocycles. The summed E-state index contributed by atoms with van der Waals surface area (Å²) in [5.74, 6) is -3.75. The van der Waals surface area contributed by atoms with E-state index in [2.05, 4.69) is 20.1 Å². The number of methoxy groups -OCH3 is 1. The summed E-state index contributed by atoms with van der Waals surface area (Å²) in [5, 5.41) is 34.4. The van der Waals surface area contributed by atoms with Gasteiger partial charge in [-0.2, -0.15) is 0 Å². The Bertz CT molecular complexity index is 1420. The maximum Gasteiger partial charge on any atom is 0.330 e. The van der Waals surface area contributed by atoms with Crippen molar-refractivity contribution >= 4 is 17.9 Å². The van der Waals surface area contributed by atoms with E-state index in [1.54, 1.807) is 26.0 Å². The van der Waals surface area contributed by atoms with Crippen LogP contribution >= 0.6 is 0 Å². The Morgan fingerprint density at radius 2 is 1.66 bits per heavy atom. The molecule has 4 aliphatic rings. The van der Waals surface area contributed by atoms with E-state index in [9.17, 15) is 29.7 Å². The Labute approximate surface area is 343 Å². The lowest BCUT2D eigenvalue weighted by Crippen LogP contribution is -2.62. The number of hydrogen-bond donors (Lipinski definition) is 3. The van der Waals surface area contributed by atoms with Crippen molar-refractivity contribution in [1.29, 1.82) is 0 Å². The van der Waals surface area contributed by atoms with Gasteiger partial charge in [0.05, 0.1) is 62.5 Å². The number of carbonyl (C=O) groups excluding carboxylic acids is 3.